The number of esters is 1. The maximum absolute atomic E-state index is 12.8. The van der Waals surface area contributed by atoms with Crippen LogP contribution in [0.2, 0.25) is 0 Å². The maximum atomic E-state index is 12.8. The number of ether oxygens (including phenoxy) is 1. The van der Waals surface area contributed by atoms with Gasteiger partial charge in [0, 0.05) is 34.6 Å². The maximum Gasteiger partial charge on any atom is 0.339 e. The van der Waals surface area contributed by atoms with Crippen molar-refractivity contribution in [1.29, 1.82) is 0 Å². The summed E-state index contributed by atoms with van der Waals surface area (Å²) in [5, 5.41) is 0. The first-order chi connectivity index (χ1) is 11.0. The van der Waals surface area contributed by atoms with Gasteiger partial charge < -0.3 is 4.74 Å². The SMILES string of the molecule is CCC1(C)CC(OC(=O)c2cc(I)cc(I)c2I)CC(C)(C)N1C. The molecule has 1 aromatic rings. The van der Waals surface area contributed by atoms with E-state index in [-0.39, 0.29) is 23.2 Å². The molecule has 6 heteroatoms. The van der Waals surface area contributed by atoms with Gasteiger partial charge in [-0.1, -0.05) is 6.92 Å². The summed E-state index contributed by atoms with van der Waals surface area (Å²) in [5.74, 6) is -0.195. The Balaban J connectivity index is 2.23. The van der Waals surface area contributed by atoms with E-state index in [4.69, 9.17) is 4.74 Å². The minimum atomic E-state index is -0.195. The molecule has 0 radical (unpaired) electrons. The van der Waals surface area contributed by atoms with Crippen LogP contribution >= 0.6 is 67.8 Å². The molecule has 1 aliphatic rings. The van der Waals surface area contributed by atoms with Crippen molar-refractivity contribution < 1.29 is 9.53 Å². The first-order valence-corrected chi connectivity index (χ1v) is 11.3. The van der Waals surface area contributed by atoms with Gasteiger partial charge in [0.15, 0.2) is 0 Å². The van der Waals surface area contributed by atoms with Crippen molar-refractivity contribution in [2.45, 2.75) is 64.1 Å². The minimum absolute atomic E-state index is 0.0145. The Bertz CT molecular complexity index is 647. The van der Waals surface area contributed by atoms with Crippen LogP contribution in [0.15, 0.2) is 12.1 Å². The summed E-state index contributed by atoms with van der Waals surface area (Å²) in [4.78, 5) is 15.2. The number of benzene rings is 1. The summed E-state index contributed by atoms with van der Waals surface area (Å²) >= 11 is 6.76. The third-order valence-electron chi connectivity index (χ3n) is 5.36. The second-order valence-corrected chi connectivity index (χ2v) is 10.9. The van der Waals surface area contributed by atoms with E-state index >= 15 is 0 Å². The minimum Gasteiger partial charge on any atom is -0.459 e. The summed E-state index contributed by atoms with van der Waals surface area (Å²) < 4.78 is 9.10. The average Bonchev–Trinajstić information content (AvgIpc) is 2.48. The average molecular weight is 667 g/mol. The van der Waals surface area contributed by atoms with E-state index in [2.05, 4.69) is 113 Å². The molecule has 2 rings (SSSR count). The van der Waals surface area contributed by atoms with Gasteiger partial charge in [-0.05, 0) is 114 Å². The van der Waals surface area contributed by atoms with Crippen molar-refractivity contribution in [3.05, 3.63) is 28.4 Å². The van der Waals surface area contributed by atoms with Crippen LogP contribution in [0.5, 0.6) is 0 Å². The molecule has 1 saturated heterocycles. The van der Waals surface area contributed by atoms with Crippen LogP contribution in [-0.4, -0.2) is 35.1 Å². The van der Waals surface area contributed by atoms with Crippen molar-refractivity contribution >= 4 is 73.7 Å². The fourth-order valence-corrected chi connectivity index (χ4v) is 5.88. The number of nitrogens with zero attached hydrogens (tertiary/aromatic N) is 1. The number of likely N-dealkylation sites (tertiary alicyclic amines) is 1. The highest BCUT2D eigenvalue weighted by atomic mass is 127. The van der Waals surface area contributed by atoms with E-state index in [1.807, 2.05) is 6.07 Å². The Morgan fingerprint density at radius 2 is 1.88 bits per heavy atom. The molecule has 1 fully saturated rings. The number of rotatable bonds is 3. The molecule has 0 saturated carbocycles. The third-order valence-corrected chi connectivity index (χ3v) is 9.03. The van der Waals surface area contributed by atoms with Crippen molar-refractivity contribution in [3.8, 4) is 0 Å². The smallest absolute Gasteiger partial charge is 0.339 e. The molecular formula is C18H24I3NO2. The highest BCUT2D eigenvalue weighted by Gasteiger charge is 2.46. The van der Waals surface area contributed by atoms with Gasteiger partial charge in [0.1, 0.15) is 6.10 Å². The van der Waals surface area contributed by atoms with E-state index in [0.29, 0.717) is 5.56 Å². The number of halogens is 3. The van der Waals surface area contributed by atoms with Crippen molar-refractivity contribution in [2.24, 2.45) is 0 Å². The van der Waals surface area contributed by atoms with E-state index in [1.165, 1.54) is 0 Å². The highest BCUT2D eigenvalue weighted by molar-refractivity contribution is 14.1. The van der Waals surface area contributed by atoms with Crippen LogP contribution < -0.4 is 0 Å². The molecule has 24 heavy (non-hydrogen) atoms. The van der Waals surface area contributed by atoms with E-state index < -0.39 is 0 Å². The molecule has 0 aromatic heterocycles. The van der Waals surface area contributed by atoms with Crippen LogP contribution in [0.4, 0.5) is 0 Å². The second kappa shape index (κ2) is 7.84. The van der Waals surface area contributed by atoms with Gasteiger partial charge in [0.25, 0.3) is 0 Å². The molecule has 1 aromatic carbocycles. The normalized spacial score (nSPS) is 27.1. The van der Waals surface area contributed by atoms with E-state index in [1.54, 1.807) is 0 Å². The van der Waals surface area contributed by atoms with Crippen LogP contribution in [0.3, 0.4) is 0 Å². The van der Waals surface area contributed by atoms with Gasteiger partial charge in [-0.15, -0.1) is 0 Å². The third kappa shape index (κ3) is 4.39. The van der Waals surface area contributed by atoms with Crippen molar-refractivity contribution in [2.75, 3.05) is 7.05 Å². The summed E-state index contributed by atoms with van der Waals surface area (Å²) in [5.41, 5.74) is 0.752. The lowest BCUT2D eigenvalue weighted by Crippen LogP contribution is -2.61. The molecule has 2 atom stereocenters. The van der Waals surface area contributed by atoms with Gasteiger partial charge >= 0.3 is 5.97 Å². The van der Waals surface area contributed by atoms with Gasteiger partial charge in [-0.25, -0.2) is 4.79 Å². The van der Waals surface area contributed by atoms with Gasteiger partial charge in [0.05, 0.1) is 5.56 Å². The number of carbonyl (C=O) groups is 1. The van der Waals surface area contributed by atoms with E-state index in [9.17, 15) is 4.79 Å². The summed E-state index contributed by atoms with van der Waals surface area (Å²) in [6, 6.07) is 4.00. The monoisotopic (exact) mass is 667 g/mol. The molecular weight excluding hydrogens is 643 g/mol. The number of carbonyl (C=O) groups excluding carboxylic acids is 1. The number of hydrogen-bond acceptors (Lipinski definition) is 3. The summed E-state index contributed by atoms with van der Waals surface area (Å²) in [7, 11) is 2.19. The molecule has 0 spiro atoms. The Labute approximate surface area is 186 Å². The molecule has 1 heterocycles. The van der Waals surface area contributed by atoms with Crippen LogP contribution in [0, 0.1) is 10.7 Å². The molecule has 0 N–H and O–H groups in total. The number of hydrogen-bond donors (Lipinski definition) is 0. The first kappa shape index (κ1) is 21.1. The van der Waals surface area contributed by atoms with Crippen LogP contribution in [-0.2, 0) is 4.74 Å². The lowest BCUT2D eigenvalue weighted by Gasteiger charge is -2.54. The van der Waals surface area contributed by atoms with E-state index in [0.717, 1.165) is 30.0 Å². The van der Waals surface area contributed by atoms with Crippen LogP contribution in [0.25, 0.3) is 0 Å². The fraction of sp³-hybridized carbons (Fsp3) is 0.611. The molecule has 2 unspecified atom stereocenters. The molecule has 0 aliphatic carbocycles. The Morgan fingerprint density at radius 3 is 2.46 bits per heavy atom. The van der Waals surface area contributed by atoms with Gasteiger partial charge in [0.2, 0.25) is 0 Å². The molecule has 0 amide bonds. The Hall–Kier alpha value is 0.840. The van der Waals surface area contributed by atoms with Crippen molar-refractivity contribution in [3.63, 3.8) is 0 Å². The highest BCUT2D eigenvalue weighted by Crippen LogP contribution is 2.40. The zero-order valence-corrected chi connectivity index (χ0v) is 21.2. The van der Waals surface area contributed by atoms with Gasteiger partial charge in [-0.2, -0.15) is 0 Å². The summed E-state index contributed by atoms with van der Waals surface area (Å²) in [6.07, 6.45) is 2.74. The molecule has 0 bridgehead atoms. The predicted molar refractivity (Wildman–Crippen MR) is 124 cm³/mol. The van der Waals surface area contributed by atoms with Crippen molar-refractivity contribution in [1.82, 2.24) is 4.90 Å². The largest absolute Gasteiger partial charge is 0.459 e. The standard InChI is InChI=1S/C18H24I3NO2/c1-6-18(4)10-12(9-17(2,3)22(18)5)24-16(23)13-7-11(19)8-14(20)15(13)21/h7-8,12H,6,9-10H2,1-5H3. The second-order valence-electron chi connectivity index (χ2n) is 7.41. The fourth-order valence-electron chi connectivity index (χ4n) is 3.51. The molecule has 134 valence electrons. The lowest BCUT2D eigenvalue weighted by atomic mass is 9.76. The lowest BCUT2D eigenvalue weighted by molar-refractivity contribution is -0.0816. The Kier molecular flexibility index (Phi) is 6.90. The molecule has 3 nitrogen and oxygen atoms in total. The van der Waals surface area contributed by atoms with Crippen LogP contribution in [0.1, 0.15) is 57.3 Å². The topological polar surface area (TPSA) is 29.5 Å². The first-order valence-electron chi connectivity index (χ1n) is 8.09. The van der Waals surface area contributed by atoms with Gasteiger partial charge in [-0.3, -0.25) is 4.90 Å². The number of piperidine rings is 1. The molecule has 1 aliphatic heterocycles. The Morgan fingerprint density at radius 1 is 1.25 bits per heavy atom. The predicted octanol–water partition coefficient (Wildman–Crippen LogP) is 5.70. The zero-order chi connectivity index (χ0) is 18.3. The summed E-state index contributed by atoms with van der Waals surface area (Å²) in [6.45, 7) is 8.95. The quantitative estimate of drug-likeness (QED) is 0.236. The zero-order valence-electron chi connectivity index (χ0n) is 14.8.